The van der Waals surface area contributed by atoms with Gasteiger partial charge >= 0.3 is 0 Å². The zero-order valence-corrected chi connectivity index (χ0v) is 9.26. The molecular weight excluding hydrogens is 188 g/mol. The van der Waals surface area contributed by atoms with Crippen LogP contribution in [0.1, 0.15) is 23.7 Å². The Labute approximate surface area is 81.6 Å². The predicted octanol–water partition coefficient (Wildman–Crippen LogP) is 2.20. The van der Waals surface area contributed by atoms with Gasteiger partial charge in [0.25, 0.3) is 0 Å². The molecule has 0 saturated carbocycles. The van der Waals surface area contributed by atoms with Gasteiger partial charge in [-0.1, -0.05) is 0 Å². The maximum absolute atomic E-state index is 5.51. The summed E-state index contributed by atoms with van der Waals surface area (Å²) in [5, 5.41) is 1.16. The van der Waals surface area contributed by atoms with Crippen molar-refractivity contribution in [2.45, 2.75) is 25.1 Å². The molecule has 0 fully saturated rings. The Bertz CT molecular complexity index is 255. The molecule has 1 heterocycles. The van der Waals surface area contributed by atoms with Crippen LogP contribution in [0, 0.1) is 0 Å². The lowest BCUT2D eigenvalue weighted by atomic mass is 10.2. The number of thiazole rings is 1. The van der Waals surface area contributed by atoms with Crippen molar-refractivity contribution >= 4 is 23.1 Å². The number of nitrogens with two attached hydrogens (primary N) is 1. The third-order valence-electron chi connectivity index (χ3n) is 1.78. The van der Waals surface area contributed by atoms with E-state index in [0.29, 0.717) is 6.54 Å². The maximum atomic E-state index is 5.51. The van der Waals surface area contributed by atoms with Gasteiger partial charge in [0, 0.05) is 17.6 Å². The quantitative estimate of drug-likeness (QED) is 0.816. The zero-order chi connectivity index (χ0) is 9.19. The van der Waals surface area contributed by atoms with E-state index < -0.39 is 0 Å². The minimum Gasteiger partial charge on any atom is -0.326 e. The number of thioether (sulfide) groups is 1. The third-order valence-corrected chi connectivity index (χ3v) is 4.47. The largest absolute Gasteiger partial charge is 0.326 e. The first-order valence-electron chi connectivity index (χ1n) is 3.80. The van der Waals surface area contributed by atoms with E-state index in [2.05, 4.69) is 25.1 Å². The molecule has 0 aliphatic rings. The molecule has 0 aliphatic carbocycles. The third kappa shape index (κ3) is 2.00. The molecular formula is C8H14N2S2. The number of hydrogen-bond acceptors (Lipinski definition) is 4. The molecule has 1 aromatic heterocycles. The molecule has 0 aliphatic heterocycles. The Hall–Kier alpha value is -0.0600. The molecule has 0 saturated heterocycles. The molecule has 68 valence electrons. The van der Waals surface area contributed by atoms with E-state index in [1.165, 1.54) is 0 Å². The van der Waals surface area contributed by atoms with E-state index >= 15 is 0 Å². The Morgan fingerprint density at radius 2 is 2.33 bits per heavy atom. The first-order valence-corrected chi connectivity index (χ1v) is 5.84. The van der Waals surface area contributed by atoms with Crippen LogP contribution in [0.5, 0.6) is 0 Å². The van der Waals surface area contributed by atoms with E-state index in [0.717, 1.165) is 9.88 Å². The smallest absolute Gasteiger partial charge is 0.108 e. The SMILES string of the molecule is CSC(C)(C)c1ncc(CN)s1. The lowest BCUT2D eigenvalue weighted by Gasteiger charge is -2.17. The first-order chi connectivity index (χ1) is 5.60. The van der Waals surface area contributed by atoms with E-state index in [9.17, 15) is 0 Å². The van der Waals surface area contributed by atoms with E-state index in [1.54, 1.807) is 11.3 Å². The molecule has 2 nitrogen and oxygen atoms in total. The predicted molar refractivity (Wildman–Crippen MR) is 56.5 cm³/mol. The highest BCUT2D eigenvalue weighted by Crippen LogP contribution is 2.35. The second kappa shape index (κ2) is 3.77. The summed E-state index contributed by atoms with van der Waals surface area (Å²) in [6, 6.07) is 0. The Kier molecular flexibility index (Phi) is 3.15. The van der Waals surface area contributed by atoms with Crippen LogP contribution >= 0.6 is 23.1 Å². The van der Waals surface area contributed by atoms with Crippen LogP contribution < -0.4 is 5.73 Å². The average molecular weight is 202 g/mol. The molecule has 0 radical (unpaired) electrons. The number of hydrogen-bond donors (Lipinski definition) is 1. The van der Waals surface area contributed by atoms with Gasteiger partial charge in [-0.15, -0.1) is 11.3 Å². The van der Waals surface area contributed by atoms with Gasteiger partial charge in [0.1, 0.15) is 5.01 Å². The Morgan fingerprint density at radius 3 is 2.75 bits per heavy atom. The van der Waals surface area contributed by atoms with Crippen LogP contribution in [0.4, 0.5) is 0 Å². The van der Waals surface area contributed by atoms with Crippen molar-refractivity contribution in [3.63, 3.8) is 0 Å². The van der Waals surface area contributed by atoms with Crippen LogP contribution in [0.25, 0.3) is 0 Å². The van der Waals surface area contributed by atoms with E-state index in [-0.39, 0.29) is 4.75 Å². The fraction of sp³-hybridized carbons (Fsp3) is 0.625. The summed E-state index contributed by atoms with van der Waals surface area (Å²) in [6.07, 6.45) is 3.97. The van der Waals surface area contributed by atoms with Gasteiger partial charge in [-0.25, -0.2) is 4.98 Å². The Balaban J connectivity index is 2.88. The molecule has 4 heteroatoms. The highest BCUT2D eigenvalue weighted by Gasteiger charge is 2.22. The number of nitrogens with zero attached hydrogens (tertiary/aromatic N) is 1. The summed E-state index contributed by atoms with van der Waals surface area (Å²) in [5.74, 6) is 0. The number of rotatable bonds is 3. The molecule has 1 aromatic rings. The van der Waals surface area contributed by atoms with Crippen LogP contribution in [-0.4, -0.2) is 11.2 Å². The van der Waals surface area contributed by atoms with Crippen LogP contribution in [0.2, 0.25) is 0 Å². The fourth-order valence-corrected chi connectivity index (χ4v) is 2.16. The van der Waals surface area contributed by atoms with Gasteiger partial charge in [0.05, 0.1) is 4.75 Å². The maximum Gasteiger partial charge on any atom is 0.108 e. The molecule has 0 aromatic carbocycles. The standard InChI is InChI=1S/C8H14N2S2/c1-8(2,11-3)7-10-5-6(4-9)12-7/h5H,4,9H2,1-3H3. The molecule has 1 rings (SSSR count). The van der Waals surface area contributed by atoms with E-state index in [4.69, 9.17) is 5.73 Å². The highest BCUT2D eigenvalue weighted by molar-refractivity contribution is 7.99. The van der Waals surface area contributed by atoms with Crippen molar-refractivity contribution in [3.8, 4) is 0 Å². The summed E-state index contributed by atoms with van der Waals surface area (Å²) in [5.41, 5.74) is 5.51. The molecule has 0 atom stereocenters. The van der Waals surface area contributed by atoms with Crippen LogP contribution in [-0.2, 0) is 11.3 Å². The van der Waals surface area contributed by atoms with Gasteiger partial charge in [0.15, 0.2) is 0 Å². The van der Waals surface area contributed by atoms with Crippen molar-refractivity contribution in [2.24, 2.45) is 5.73 Å². The van der Waals surface area contributed by atoms with Crippen molar-refractivity contribution in [2.75, 3.05) is 6.26 Å². The molecule has 2 N–H and O–H groups in total. The van der Waals surface area contributed by atoms with Gasteiger partial charge in [0.2, 0.25) is 0 Å². The first kappa shape index (κ1) is 10.0. The van der Waals surface area contributed by atoms with Crippen molar-refractivity contribution in [3.05, 3.63) is 16.1 Å². The molecule has 0 spiro atoms. The Morgan fingerprint density at radius 1 is 1.67 bits per heavy atom. The highest BCUT2D eigenvalue weighted by atomic mass is 32.2. The summed E-state index contributed by atoms with van der Waals surface area (Å²) in [4.78, 5) is 5.51. The second-order valence-corrected chi connectivity index (χ2v) is 5.59. The monoisotopic (exact) mass is 202 g/mol. The van der Waals surface area contributed by atoms with Gasteiger partial charge in [-0.05, 0) is 20.1 Å². The van der Waals surface area contributed by atoms with Crippen molar-refractivity contribution in [1.82, 2.24) is 4.98 Å². The average Bonchev–Trinajstić information content (AvgIpc) is 2.52. The van der Waals surface area contributed by atoms with Crippen LogP contribution in [0.15, 0.2) is 6.20 Å². The molecule has 0 unspecified atom stereocenters. The van der Waals surface area contributed by atoms with Gasteiger partial charge < -0.3 is 5.73 Å². The van der Waals surface area contributed by atoms with Crippen LogP contribution in [0.3, 0.4) is 0 Å². The lowest BCUT2D eigenvalue weighted by Crippen LogP contribution is -2.09. The summed E-state index contributed by atoms with van der Waals surface area (Å²) >= 11 is 3.52. The minimum atomic E-state index is 0.123. The normalized spacial score (nSPS) is 12.0. The summed E-state index contributed by atoms with van der Waals surface area (Å²) < 4.78 is 0.123. The fourth-order valence-electron chi connectivity index (χ4n) is 0.768. The number of aromatic nitrogens is 1. The van der Waals surface area contributed by atoms with Gasteiger partial charge in [-0.3, -0.25) is 0 Å². The second-order valence-electron chi connectivity index (χ2n) is 3.05. The topological polar surface area (TPSA) is 38.9 Å². The molecule has 0 bridgehead atoms. The van der Waals surface area contributed by atoms with Crippen molar-refractivity contribution in [1.29, 1.82) is 0 Å². The van der Waals surface area contributed by atoms with Crippen molar-refractivity contribution < 1.29 is 0 Å². The molecule has 12 heavy (non-hydrogen) atoms. The molecule has 0 amide bonds. The van der Waals surface area contributed by atoms with Gasteiger partial charge in [-0.2, -0.15) is 11.8 Å². The lowest BCUT2D eigenvalue weighted by molar-refractivity contribution is 0.774. The van der Waals surface area contributed by atoms with E-state index in [1.807, 2.05) is 18.0 Å². The summed E-state index contributed by atoms with van der Waals surface area (Å²) in [7, 11) is 0. The minimum absolute atomic E-state index is 0.123. The summed E-state index contributed by atoms with van der Waals surface area (Å²) in [6.45, 7) is 4.95. The zero-order valence-electron chi connectivity index (χ0n) is 7.63.